The van der Waals surface area contributed by atoms with Gasteiger partial charge in [0.05, 0.1) is 11.2 Å². The number of fused-ring (bicyclic) bond motifs is 2. The molecule has 1 N–H and O–H groups in total. The number of carbonyl (C=O) groups excluding carboxylic acids is 1. The molecule has 4 rings (SSSR count). The predicted molar refractivity (Wildman–Crippen MR) is 109 cm³/mol. The van der Waals surface area contributed by atoms with Gasteiger partial charge in [0.25, 0.3) is 5.56 Å². The van der Waals surface area contributed by atoms with Gasteiger partial charge in [-0.25, -0.2) is 9.78 Å². The van der Waals surface area contributed by atoms with Crippen LogP contribution in [0.25, 0.3) is 21.5 Å². The van der Waals surface area contributed by atoms with E-state index < -0.39 is 5.60 Å². The smallest absolute Gasteiger partial charge is 0.410 e. The van der Waals surface area contributed by atoms with E-state index >= 15 is 0 Å². The largest absolute Gasteiger partial charge is 0.444 e. The second kappa shape index (κ2) is 6.70. The summed E-state index contributed by atoms with van der Waals surface area (Å²) in [5, 5.41) is 0. The van der Waals surface area contributed by atoms with Gasteiger partial charge in [0, 0.05) is 13.1 Å². The Morgan fingerprint density at radius 1 is 1.25 bits per heavy atom. The monoisotopic (exact) mass is 398 g/mol. The Balaban J connectivity index is 1.59. The zero-order valence-corrected chi connectivity index (χ0v) is 17.1. The average molecular weight is 398 g/mol. The number of ether oxygens (including phenoxy) is 1. The summed E-state index contributed by atoms with van der Waals surface area (Å²) in [6, 6.07) is 6.31. The maximum atomic E-state index is 12.4. The summed E-state index contributed by atoms with van der Waals surface area (Å²) in [5.74, 6) is 0. The number of rotatable bonds is 2. The summed E-state index contributed by atoms with van der Waals surface area (Å²) in [4.78, 5) is 33.7. The van der Waals surface area contributed by atoms with Gasteiger partial charge in [-0.05, 0) is 67.9 Å². The van der Waals surface area contributed by atoms with E-state index in [0.29, 0.717) is 11.0 Å². The Bertz CT molecular complexity index is 1110. The highest BCUT2D eigenvalue weighted by Gasteiger charge is 2.30. The molecule has 28 heavy (non-hydrogen) atoms. The zero-order chi connectivity index (χ0) is 20.1. The second-order valence-corrected chi connectivity index (χ2v) is 8.85. The van der Waals surface area contributed by atoms with E-state index in [1.165, 1.54) is 29.0 Å². The number of nitrogens with one attached hydrogen (secondary N) is 1. The molecule has 1 atom stereocenters. The van der Waals surface area contributed by atoms with Crippen molar-refractivity contribution in [3.63, 3.8) is 0 Å². The van der Waals surface area contributed by atoms with E-state index in [2.05, 4.69) is 26.5 Å². The minimum absolute atomic E-state index is 0.0688. The number of H-pyrrole nitrogens is 1. The summed E-state index contributed by atoms with van der Waals surface area (Å²) in [6.07, 6.45) is 2.67. The van der Waals surface area contributed by atoms with E-state index in [0.717, 1.165) is 23.3 Å². The molecule has 3 aromatic rings. The highest BCUT2D eigenvalue weighted by atomic mass is 32.1. The number of hydrogen-bond donors (Lipinski definition) is 1. The molecule has 1 aliphatic rings. The van der Waals surface area contributed by atoms with Gasteiger partial charge in [-0.15, -0.1) is 0 Å². The molecular formula is C20H22N4O3S. The van der Waals surface area contributed by atoms with Gasteiger partial charge in [-0.3, -0.25) is 4.79 Å². The van der Waals surface area contributed by atoms with Gasteiger partial charge in [0.1, 0.15) is 11.1 Å². The first-order chi connectivity index (χ1) is 13.2. The normalized spacial score (nSPS) is 16.2. The molecule has 0 fully saturated rings. The lowest BCUT2D eigenvalue weighted by Crippen LogP contribution is -2.41. The van der Waals surface area contributed by atoms with Gasteiger partial charge in [-0.2, -0.15) is 4.37 Å². The Labute approximate surface area is 166 Å². The number of amides is 1. The Morgan fingerprint density at radius 2 is 2.00 bits per heavy atom. The molecule has 1 unspecified atom stereocenters. The first-order valence-corrected chi connectivity index (χ1v) is 9.91. The van der Waals surface area contributed by atoms with Gasteiger partial charge >= 0.3 is 6.09 Å². The van der Waals surface area contributed by atoms with Crippen LogP contribution >= 0.6 is 11.5 Å². The number of likely N-dealkylation sites (N-methyl/N-ethyl adjacent to an activating group) is 1. The van der Waals surface area contributed by atoms with E-state index in [-0.39, 0.29) is 17.7 Å². The van der Waals surface area contributed by atoms with E-state index in [9.17, 15) is 9.59 Å². The zero-order valence-electron chi connectivity index (χ0n) is 16.3. The molecule has 0 bridgehead atoms. The highest BCUT2D eigenvalue weighted by Crippen LogP contribution is 2.34. The van der Waals surface area contributed by atoms with E-state index in [1.54, 1.807) is 11.9 Å². The third-order valence-corrected chi connectivity index (χ3v) is 5.77. The highest BCUT2D eigenvalue weighted by molar-refractivity contribution is 7.11. The van der Waals surface area contributed by atoms with E-state index in [4.69, 9.17) is 4.74 Å². The summed E-state index contributed by atoms with van der Waals surface area (Å²) < 4.78 is 9.75. The fraction of sp³-hybridized carbons (Fsp3) is 0.400. The van der Waals surface area contributed by atoms with Crippen LogP contribution in [0.1, 0.15) is 31.9 Å². The quantitative estimate of drug-likeness (QED) is 0.715. The molecule has 146 valence electrons. The lowest BCUT2D eigenvalue weighted by Gasteiger charge is -2.28. The van der Waals surface area contributed by atoms with Gasteiger partial charge in [0.2, 0.25) is 0 Å². The molecule has 0 spiro atoms. The standard InChI is InChI=1S/C20H22N4O3S/c1-20(2,3)27-19(26)24(4)14-8-11-5-6-12(7-13(11)9-14)17-15-16(23-28-17)18(25)22-10-21-15/h5-7,10,14H,8-9H2,1-4H3,(H,21,22,25). The molecule has 1 amide bonds. The van der Waals surface area contributed by atoms with E-state index in [1.807, 2.05) is 26.8 Å². The number of aromatic amines is 1. The maximum Gasteiger partial charge on any atom is 0.410 e. The van der Waals surface area contributed by atoms with Crippen LogP contribution in [-0.2, 0) is 17.6 Å². The van der Waals surface area contributed by atoms with Crippen LogP contribution in [-0.4, -0.2) is 44.0 Å². The van der Waals surface area contributed by atoms with Crippen LogP contribution in [0.5, 0.6) is 0 Å². The first kappa shape index (κ1) is 18.6. The van der Waals surface area contributed by atoms with Crippen molar-refractivity contribution >= 4 is 28.7 Å². The number of carbonyl (C=O) groups is 1. The molecule has 8 heteroatoms. The third kappa shape index (κ3) is 3.40. The topological polar surface area (TPSA) is 88.2 Å². The minimum Gasteiger partial charge on any atom is -0.444 e. The van der Waals surface area contributed by atoms with Crippen molar-refractivity contribution in [3.8, 4) is 10.4 Å². The predicted octanol–water partition coefficient (Wildman–Crippen LogP) is 3.38. The fourth-order valence-corrected chi connectivity index (χ4v) is 4.28. The third-order valence-electron chi connectivity index (χ3n) is 4.88. The van der Waals surface area contributed by atoms with Crippen LogP contribution < -0.4 is 5.56 Å². The van der Waals surface area contributed by atoms with Crippen molar-refractivity contribution in [1.82, 2.24) is 19.2 Å². The first-order valence-electron chi connectivity index (χ1n) is 9.14. The van der Waals surface area contributed by atoms with Crippen molar-refractivity contribution in [2.24, 2.45) is 0 Å². The Hall–Kier alpha value is -2.74. The molecule has 1 aliphatic carbocycles. The molecule has 0 radical (unpaired) electrons. The lowest BCUT2D eigenvalue weighted by atomic mass is 10.1. The van der Waals surface area contributed by atoms with Crippen LogP contribution in [0.2, 0.25) is 0 Å². The number of hydrogen-bond acceptors (Lipinski definition) is 6. The summed E-state index contributed by atoms with van der Waals surface area (Å²) >= 11 is 1.28. The van der Waals surface area contributed by atoms with Gasteiger partial charge in [-0.1, -0.05) is 12.1 Å². The van der Waals surface area contributed by atoms with Crippen molar-refractivity contribution in [2.75, 3.05) is 7.05 Å². The molecule has 0 saturated heterocycles. The molecule has 0 saturated carbocycles. The molecular weight excluding hydrogens is 376 g/mol. The van der Waals surface area contributed by atoms with Crippen LogP contribution in [0, 0.1) is 0 Å². The summed E-state index contributed by atoms with van der Waals surface area (Å²) in [7, 11) is 1.79. The van der Waals surface area contributed by atoms with Crippen molar-refractivity contribution < 1.29 is 9.53 Å². The lowest BCUT2D eigenvalue weighted by molar-refractivity contribution is 0.0229. The molecule has 0 aliphatic heterocycles. The van der Waals surface area contributed by atoms with Gasteiger partial charge < -0.3 is 14.6 Å². The van der Waals surface area contributed by atoms with Crippen LogP contribution in [0.15, 0.2) is 29.3 Å². The Kier molecular flexibility index (Phi) is 4.45. The summed E-state index contributed by atoms with van der Waals surface area (Å²) in [5.41, 5.74) is 3.66. The number of nitrogens with zero attached hydrogens (tertiary/aromatic N) is 3. The molecule has 2 aromatic heterocycles. The Morgan fingerprint density at radius 3 is 2.75 bits per heavy atom. The second-order valence-electron chi connectivity index (χ2n) is 8.08. The van der Waals surface area contributed by atoms with Crippen molar-refractivity contribution in [3.05, 3.63) is 46.0 Å². The number of benzene rings is 1. The fourth-order valence-electron chi connectivity index (χ4n) is 3.46. The molecule has 1 aromatic carbocycles. The molecule has 2 heterocycles. The van der Waals surface area contributed by atoms with Crippen LogP contribution in [0.3, 0.4) is 0 Å². The van der Waals surface area contributed by atoms with Crippen molar-refractivity contribution in [1.29, 1.82) is 0 Å². The maximum absolute atomic E-state index is 12.4. The van der Waals surface area contributed by atoms with Gasteiger partial charge in [0.15, 0.2) is 5.52 Å². The average Bonchev–Trinajstić information content (AvgIpc) is 3.23. The number of aromatic nitrogens is 3. The van der Waals surface area contributed by atoms with Crippen molar-refractivity contribution in [2.45, 2.75) is 45.3 Å². The SMILES string of the molecule is CN(C(=O)OC(C)(C)C)C1Cc2ccc(-c3snc4c(=O)[nH]cnc34)cc2C1. The minimum atomic E-state index is -0.512. The summed E-state index contributed by atoms with van der Waals surface area (Å²) in [6.45, 7) is 5.60. The van der Waals surface area contributed by atoms with Crippen LogP contribution in [0.4, 0.5) is 4.79 Å². The molecule has 7 nitrogen and oxygen atoms in total.